The molecule has 0 unspecified atom stereocenters. The van der Waals surface area contributed by atoms with Gasteiger partial charge in [-0.3, -0.25) is 8.86 Å². The van der Waals surface area contributed by atoms with Crippen LogP contribution in [0.4, 0.5) is 5.69 Å². The molecule has 0 atom stereocenters. The molecule has 0 amide bonds. The smallest absolute Gasteiger partial charge is 0.339 e. The van der Waals surface area contributed by atoms with Crippen molar-refractivity contribution in [1.29, 1.82) is 0 Å². The number of phenolic OH excluding ortho intramolecular Hbond substituents is 1. The van der Waals surface area contributed by atoms with Crippen LogP contribution >= 0.6 is 0 Å². The van der Waals surface area contributed by atoms with Crippen molar-refractivity contribution in [2.45, 2.75) is 9.79 Å². The number of hydrogen-bond donors (Lipinski definition) is 4. The van der Waals surface area contributed by atoms with Crippen LogP contribution in [0.3, 0.4) is 0 Å². The minimum Gasteiger partial charge on any atom is -0.507 e. The highest BCUT2D eigenvalue weighted by molar-refractivity contribution is 7.92. The van der Waals surface area contributed by atoms with Crippen LogP contribution in [0.5, 0.6) is 11.5 Å². The van der Waals surface area contributed by atoms with Crippen LogP contribution in [0.2, 0.25) is 0 Å². The number of carboxylic acids is 1. The Morgan fingerprint density at radius 3 is 2.13 bits per heavy atom. The van der Waals surface area contributed by atoms with Gasteiger partial charge in [-0.15, -0.1) is 0 Å². The van der Waals surface area contributed by atoms with Gasteiger partial charge in [-0.05, 0) is 47.9 Å². The van der Waals surface area contributed by atoms with Crippen LogP contribution in [0.15, 0.2) is 58.3 Å². The Morgan fingerprint density at radius 2 is 1.53 bits per heavy atom. The first-order valence-electron chi connectivity index (χ1n) is 8.12. The average molecular weight is 453 g/mol. The molecule has 4 N–H and O–H groups in total. The molecule has 0 saturated carbocycles. The third-order valence-corrected chi connectivity index (χ3v) is 7.02. The highest BCUT2D eigenvalue weighted by atomic mass is 32.2. The summed E-state index contributed by atoms with van der Waals surface area (Å²) < 4.78 is 58.6. The highest BCUT2D eigenvalue weighted by Gasteiger charge is 2.24. The monoisotopic (exact) mass is 453 g/mol. The minimum absolute atomic E-state index is 0.0688. The fourth-order valence-electron chi connectivity index (χ4n) is 2.80. The predicted octanol–water partition coefficient (Wildman–Crippen LogP) is 2.02. The number of aromatic hydroxyl groups is 2. The third-order valence-electron chi connectivity index (χ3n) is 4.41. The Balaban J connectivity index is 2.13. The van der Waals surface area contributed by atoms with Crippen molar-refractivity contribution >= 4 is 42.6 Å². The van der Waals surface area contributed by atoms with Crippen molar-refractivity contribution < 1.29 is 41.5 Å². The Bertz CT molecular complexity index is 1400. The summed E-state index contributed by atoms with van der Waals surface area (Å²) in [5, 5.41) is 29.0. The maximum Gasteiger partial charge on any atom is 0.339 e. The van der Waals surface area contributed by atoms with Gasteiger partial charge in [-0.2, -0.15) is 8.42 Å². The standard InChI is InChI=1S/C18H15NO9S2/c1-19(29(24,25)12-3-5-16(20)15(8-12)18(22)23)11-2-4-14-10(6-11)7-13(9-17(14)21)30(26,27)28/h2-9,20-21H,1H3,(H,22,23)(H,26,27,28). The SMILES string of the molecule is CN(c1ccc2c(O)cc(S(=O)(=O)O)cc2c1)S(=O)(=O)c1ccc(O)c(C(=O)O)c1. The van der Waals surface area contributed by atoms with E-state index < -0.39 is 53.0 Å². The van der Waals surface area contributed by atoms with E-state index in [1.54, 1.807) is 0 Å². The summed E-state index contributed by atoms with van der Waals surface area (Å²) in [7, 11) is -7.67. The molecule has 158 valence electrons. The zero-order chi connectivity index (χ0) is 22.4. The summed E-state index contributed by atoms with van der Waals surface area (Å²) in [5.74, 6) is -2.53. The van der Waals surface area contributed by atoms with Crippen LogP contribution in [0, 0.1) is 0 Å². The molecule has 3 aromatic rings. The van der Waals surface area contributed by atoms with Crippen molar-refractivity contribution in [3.8, 4) is 11.5 Å². The number of hydrogen-bond acceptors (Lipinski definition) is 7. The fraction of sp³-hybridized carbons (Fsp3) is 0.0556. The Labute approximate surface area is 171 Å². The van der Waals surface area contributed by atoms with E-state index in [4.69, 9.17) is 5.11 Å². The number of nitrogens with zero attached hydrogens (tertiary/aromatic N) is 1. The van der Waals surface area contributed by atoms with Gasteiger partial charge in [-0.25, -0.2) is 13.2 Å². The van der Waals surface area contributed by atoms with E-state index in [1.807, 2.05) is 0 Å². The maximum atomic E-state index is 12.9. The van der Waals surface area contributed by atoms with Crippen LogP contribution in [-0.2, 0) is 20.1 Å². The highest BCUT2D eigenvalue weighted by Crippen LogP contribution is 2.33. The number of rotatable bonds is 5. The van der Waals surface area contributed by atoms with Gasteiger partial charge in [0, 0.05) is 18.5 Å². The van der Waals surface area contributed by atoms with Crippen molar-refractivity contribution in [3.05, 3.63) is 54.1 Å². The van der Waals surface area contributed by atoms with Crippen LogP contribution in [-0.4, -0.2) is 49.7 Å². The van der Waals surface area contributed by atoms with E-state index in [-0.39, 0.29) is 16.5 Å². The molecule has 0 spiro atoms. The number of carboxylic acid groups (broad SMARTS) is 1. The first-order valence-corrected chi connectivity index (χ1v) is 11.0. The molecule has 3 aromatic carbocycles. The van der Waals surface area contributed by atoms with Gasteiger partial charge in [-0.1, -0.05) is 0 Å². The topological polar surface area (TPSA) is 170 Å². The molecular weight excluding hydrogens is 438 g/mol. The quantitative estimate of drug-likeness (QED) is 0.422. The number of aromatic carboxylic acids is 1. The summed E-state index contributed by atoms with van der Waals surface area (Å²) in [6, 6.07) is 8.72. The maximum absolute atomic E-state index is 12.9. The van der Waals surface area contributed by atoms with Gasteiger partial charge < -0.3 is 15.3 Å². The van der Waals surface area contributed by atoms with Crippen LogP contribution in [0.25, 0.3) is 10.8 Å². The predicted molar refractivity (Wildman–Crippen MR) is 106 cm³/mol. The molecule has 10 nitrogen and oxygen atoms in total. The molecule has 0 radical (unpaired) electrons. The van der Waals surface area contributed by atoms with Gasteiger partial charge in [0.05, 0.1) is 15.5 Å². The molecule has 0 aliphatic carbocycles. The first kappa shape index (κ1) is 21.4. The Kier molecular flexibility index (Phi) is 5.10. The zero-order valence-electron chi connectivity index (χ0n) is 15.2. The molecule has 0 bridgehead atoms. The van der Waals surface area contributed by atoms with E-state index in [1.165, 1.54) is 25.2 Å². The second kappa shape index (κ2) is 7.16. The normalized spacial score (nSPS) is 12.1. The zero-order valence-corrected chi connectivity index (χ0v) is 16.8. The van der Waals surface area contributed by atoms with Crippen molar-refractivity contribution in [2.75, 3.05) is 11.4 Å². The number of fused-ring (bicyclic) bond motifs is 1. The van der Waals surface area contributed by atoms with Gasteiger partial charge in [0.15, 0.2) is 0 Å². The second-order valence-electron chi connectivity index (χ2n) is 6.28. The first-order chi connectivity index (χ1) is 13.8. The summed E-state index contributed by atoms with van der Waals surface area (Å²) in [6.45, 7) is 0. The number of sulfonamides is 1. The molecule has 3 rings (SSSR count). The lowest BCUT2D eigenvalue weighted by molar-refractivity contribution is 0.0693. The number of anilines is 1. The Morgan fingerprint density at radius 1 is 0.867 bits per heavy atom. The fourth-order valence-corrected chi connectivity index (χ4v) is 4.55. The van der Waals surface area contributed by atoms with Gasteiger partial charge in [0.25, 0.3) is 20.1 Å². The lowest BCUT2D eigenvalue weighted by Crippen LogP contribution is -2.26. The average Bonchev–Trinajstić information content (AvgIpc) is 2.66. The lowest BCUT2D eigenvalue weighted by atomic mass is 10.1. The van der Waals surface area contributed by atoms with E-state index in [2.05, 4.69) is 0 Å². The second-order valence-corrected chi connectivity index (χ2v) is 9.67. The number of carbonyl (C=O) groups is 1. The molecule has 0 aliphatic heterocycles. The molecule has 0 aromatic heterocycles. The summed E-state index contributed by atoms with van der Waals surface area (Å²) >= 11 is 0. The molecule has 30 heavy (non-hydrogen) atoms. The Hall–Kier alpha value is -3.35. The van der Waals surface area contributed by atoms with Gasteiger partial charge in [0.1, 0.15) is 17.1 Å². The van der Waals surface area contributed by atoms with Gasteiger partial charge in [0.2, 0.25) is 0 Å². The van der Waals surface area contributed by atoms with Gasteiger partial charge >= 0.3 is 5.97 Å². The van der Waals surface area contributed by atoms with Crippen LogP contribution < -0.4 is 4.31 Å². The van der Waals surface area contributed by atoms with E-state index in [0.717, 1.165) is 34.6 Å². The molecule has 0 aliphatic rings. The summed E-state index contributed by atoms with van der Waals surface area (Å²) in [4.78, 5) is 10.2. The number of benzene rings is 3. The molecule has 0 saturated heterocycles. The van der Waals surface area contributed by atoms with Crippen molar-refractivity contribution in [1.82, 2.24) is 0 Å². The summed E-state index contributed by atoms with van der Waals surface area (Å²) in [6.07, 6.45) is 0. The molecule has 12 heteroatoms. The minimum atomic E-state index is -4.61. The van der Waals surface area contributed by atoms with E-state index in [0.29, 0.717) is 0 Å². The summed E-state index contributed by atoms with van der Waals surface area (Å²) in [5.41, 5.74) is -0.523. The largest absolute Gasteiger partial charge is 0.507 e. The molecule has 0 fully saturated rings. The third kappa shape index (κ3) is 3.75. The van der Waals surface area contributed by atoms with Crippen molar-refractivity contribution in [3.63, 3.8) is 0 Å². The lowest BCUT2D eigenvalue weighted by Gasteiger charge is -2.20. The van der Waals surface area contributed by atoms with E-state index >= 15 is 0 Å². The van der Waals surface area contributed by atoms with Crippen molar-refractivity contribution in [2.24, 2.45) is 0 Å². The number of phenols is 2. The van der Waals surface area contributed by atoms with E-state index in [9.17, 15) is 36.4 Å². The molecule has 0 heterocycles. The van der Waals surface area contributed by atoms with Crippen LogP contribution in [0.1, 0.15) is 10.4 Å². The molecular formula is C18H15NO9S2.